The van der Waals surface area contributed by atoms with E-state index >= 15 is 0 Å². The van der Waals surface area contributed by atoms with Gasteiger partial charge in [0.15, 0.2) is 0 Å². The summed E-state index contributed by atoms with van der Waals surface area (Å²) in [5, 5.41) is 0. The Hall–Kier alpha value is -0.860. The summed E-state index contributed by atoms with van der Waals surface area (Å²) >= 11 is 0. The van der Waals surface area contributed by atoms with E-state index in [9.17, 15) is 9.59 Å². The van der Waals surface area contributed by atoms with Gasteiger partial charge in [-0.05, 0) is 37.0 Å². The number of hydrogen-bond acceptors (Lipinski definition) is 3. The minimum absolute atomic E-state index is 0.0203. The van der Waals surface area contributed by atoms with E-state index in [0.717, 1.165) is 44.9 Å². The Kier molecular flexibility index (Phi) is 4.55. The minimum atomic E-state index is -0.195. The predicted octanol–water partition coefficient (Wildman–Crippen LogP) is 3.90. The van der Waals surface area contributed by atoms with Crippen molar-refractivity contribution in [2.75, 3.05) is 6.61 Å². The van der Waals surface area contributed by atoms with E-state index < -0.39 is 0 Å². The van der Waals surface area contributed by atoms with Crippen LogP contribution < -0.4 is 0 Å². The third-order valence-electron chi connectivity index (χ3n) is 5.94. The first kappa shape index (κ1) is 15.5. The van der Waals surface area contributed by atoms with Gasteiger partial charge in [-0.25, -0.2) is 0 Å². The molecular formula is C17H28O3. The molecule has 0 aromatic rings. The zero-order valence-corrected chi connectivity index (χ0v) is 13.2. The summed E-state index contributed by atoms with van der Waals surface area (Å²) in [6.07, 6.45) is 8.51. The number of esters is 1. The van der Waals surface area contributed by atoms with Crippen LogP contribution in [0.5, 0.6) is 0 Å². The number of ether oxygens (including phenoxy) is 1. The molecule has 0 spiro atoms. The van der Waals surface area contributed by atoms with Crippen LogP contribution >= 0.6 is 0 Å². The fourth-order valence-electron chi connectivity index (χ4n) is 4.45. The van der Waals surface area contributed by atoms with Gasteiger partial charge in [0.1, 0.15) is 5.78 Å². The van der Waals surface area contributed by atoms with Crippen molar-refractivity contribution in [1.29, 1.82) is 0 Å². The van der Waals surface area contributed by atoms with Gasteiger partial charge in [-0.15, -0.1) is 0 Å². The lowest BCUT2D eigenvalue weighted by atomic mass is 9.66. The van der Waals surface area contributed by atoms with Crippen LogP contribution in [0.1, 0.15) is 72.1 Å². The van der Waals surface area contributed by atoms with Gasteiger partial charge in [-0.3, -0.25) is 9.59 Å². The van der Waals surface area contributed by atoms with Crippen LogP contribution in [0.15, 0.2) is 0 Å². The molecule has 2 aliphatic rings. The molecule has 20 heavy (non-hydrogen) atoms. The van der Waals surface area contributed by atoms with E-state index in [1.54, 1.807) is 0 Å². The first-order valence-electron chi connectivity index (χ1n) is 8.07. The zero-order valence-electron chi connectivity index (χ0n) is 13.2. The third kappa shape index (κ3) is 2.64. The number of carbonyl (C=O) groups is 2. The molecular weight excluding hydrogens is 252 g/mol. The van der Waals surface area contributed by atoms with E-state index in [-0.39, 0.29) is 16.8 Å². The minimum Gasteiger partial charge on any atom is -0.466 e. The topological polar surface area (TPSA) is 43.4 Å². The van der Waals surface area contributed by atoms with Gasteiger partial charge in [-0.1, -0.05) is 33.1 Å². The van der Waals surface area contributed by atoms with E-state index in [1.807, 2.05) is 0 Å². The van der Waals surface area contributed by atoms with Gasteiger partial charge in [0, 0.05) is 18.8 Å². The molecule has 2 unspecified atom stereocenters. The summed E-state index contributed by atoms with van der Waals surface area (Å²) in [7, 11) is 0. The van der Waals surface area contributed by atoms with Crippen molar-refractivity contribution < 1.29 is 14.3 Å². The molecule has 3 nitrogen and oxygen atoms in total. The highest BCUT2D eigenvalue weighted by Crippen LogP contribution is 2.65. The Balaban J connectivity index is 1.71. The molecule has 2 rings (SSSR count). The van der Waals surface area contributed by atoms with Crippen molar-refractivity contribution in [2.45, 2.75) is 72.1 Å². The maximum Gasteiger partial charge on any atom is 0.302 e. The van der Waals surface area contributed by atoms with E-state index in [1.165, 1.54) is 13.3 Å². The van der Waals surface area contributed by atoms with Gasteiger partial charge in [0.05, 0.1) is 6.61 Å². The molecule has 0 aliphatic heterocycles. The van der Waals surface area contributed by atoms with Gasteiger partial charge in [-0.2, -0.15) is 0 Å². The molecule has 2 bridgehead atoms. The lowest BCUT2D eigenvalue weighted by Gasteiger charge is -2.36. The molecule has 2 atom stereocenters. The van der Waals surface area contributed by atoms with Crippen LogP contribution in [0.2, 0.25) is 0 Å². The van der Waals surface area contributed by atoms with Gasteiger partial charge >= 0.3 is 5.97 Å². The highest BCUT2D eigenvalue weighted by molar-refractivity contribution is 5.89. The monoisotopic (exact) mass is 280 g/mol. The molecule has 0 aromatic heterocycles. The van der Waals surface area contributed by atoms with Crippen LogP contribution in [0.4, 0.5) is 0 Å². The van der Waals surface area contributed by atoms with Crippen molar-refractivity contribution in [3.63, 3.8) is 0 Å². The van der Waals surface area contributed by atoms with Gasteiger partial charge in [0.2, 0.25) is 0 Å². The summed E-state index contributed by atoms with van der Waals surface area (Å²) in [6.45, 7) is 6.59. The molecule has 0 aromatic carbocycles. The second-order valence-corrected chi connectivity index (χ2v) is 7.17. The number of Topliss-reactive ketones (excluding diaryl/α,β-unsaturated/α-hetero) is 1. The summed E-state index contributed by atoms with van der Waals surface area (Å²) in [6, 6.07) is 0. The predicted molar refractivity (Wildman–Crippen MR) is 78.3 cm³/mol. The summed E-state index contributed by atoms with van der Waals surface area (Å²) in [5.74, 6) is 0.955. The average Bonchev–Trinajstić information content (AvgIpc) is 2.71. The molecule has 0 heterocycles. The maximum atomic E-state index is 12.4. The second-order valence-electron chi connectivity index (χ2n) is 7.17. The van der Waals surface area contributed by atoms with Crippen molar-refractivity contribution in [3.05, 3.63) is 0 Å². The van der Waals surface area contributed by atoms with Crippen LogP contribution in [0.25, 0.3) is 0 Å². The molecule has 0 radical (unpaired) electrons. The Morgan fingerprint density at radius 1 is 1.25 bits per heavy atom. The van der Waals surface area contributed by atoms with Gasteiger partial charge in [0.25, 0.3) is 0 Å². The Morgan fingerprint density at radius 2 is 1.95 bits per heavy atom. The van der Waals surface area contributed by atoms with Crippen molar-refractivity contribution in [2.24, 2.45) is 16.7 Å². The highest BCUT2D eigenvalue weighted by atomic mass is 16.5. The second kappa shape index (κ2) is 5.87. The van der Waals surface area contributed by atoms with Crippen LogP contribution in [-0.2, 0) is 14.3 Å². The quantitative estimate of drug-likeness (QED) is 0.525. The molecule has 3 heteroatoms. The lowest BCUT2D eigenvalue weighted by molar-refractivity contribution is -0.141. The van der Waals surface area contributed by atoms with E-state index in [4.69, 9.17) is 4.74 Å². The number of unbranched alkanes of at least 4 members (excludes halogenated alkanes) is 3. The SMILES string of the molecule is CC(=O)OCCCCCCC12CCC(CC1=O)C2(C)C. The summed E-state index contributed by atoms with van der Waals surface area (Å²) < 4.78 is 4.93. The first-order chi connectivity index (χ1) is 9.40. The van der Waals surface area contributed by atoms with Crippen LogP contribution in [-0.4, -0.2) is 18.4 Å². The summed E-state index contributed by atoms with van der Waals surface area (Å²) in [4.78, 5) is 23.0. The molecule has 0 N–H and O–H groups in total. The molecule has 114 valence electrons. The van der Waals surface area contributed by atoms with Gasteiger partial charge < -0.3 is 4.74 Å². The maximum absolute atomic E-state index is 12.4. The number of carbonyl (C=O) groups excluding carboxylic acids is 2. The lowest BCUT2D eigenvalue weighted by Crippen LogP contribution is -2.35. The fraction of sp³-hybridized carbons (Fsp3) is 0.882. The van der Waals surface area contributed by atoms with Crippen LogP contribution in [0, 0.1) is 16.7 Å². The first-order valence-corrected chi connectivity index (χ1v) is 8.07. The van der Waals surface area contributed by atoms with Crippen LogP contribution in [0.3, 0.4) is 0 Å². The van der Waals surface area contributed by atoms with Crippen molar-refractivity contribution in [1.82, 2.24) is 0 Å². The largest absolute Gasteiger partial charge is 0.466 e. The smallest absolute Gasteiger partial charge is 0.302 e. The molecule has 0 amide bonds. The number of hydrogen-bond donors (Lipinski definition) is 0. The molecule has 2 fully saturated rings. The Labute approximate surface area is 122 Å². The van der Waals surface area contributed by atoms with E-state index in [2.05, 4.69) is 13.8 Å². The Morgan fingerprint density at radius 3 is 2.50 bits per heavy atom. The van der Waals surface area contributed by atoms with E-state index in [0.29, 0.717) is 18.3 Å². The fourth-order valence-corrected chi connectivity index (χ4v) is 4.45. The number of rotatable bonds is 7. The molecule has 2 saturated carbocycles. The zero-order chi connectivity index (χ0) is 14.8. The number of ketones is 1. The average molecular weight is 280 g/mol. The van der Waals surface area contributed by atoms with Crippen molar-refractivity contribution in [3.8, 4) is 0 Å². The standard InChI is InChI=1S/C17H28O3/c1-13(18)20-11-7-5-4-6-9-17-10-8-14(12-15(17)19)16(17,2)3/h14H,4-12H2,1-3H3. The third-order valence-corrected chi connectivity index (χ3v) is 5.94. The molecule has 2 aliphatic carbocycles. The summed E-state index contributed by atoms with van der Waals surface area (Å²) in [5.41, 5.74) is 0.190. The number of fused-ring (bicyclic) bond motifs is 2. The Bertz CT molecular complexity index is 386. The van der Waals surface area contributed by atoms with Crippen molar-refractivity contribution >= 4 is 11.8 Å². The normalized spacial score (nSPS) is 30.8. The highest BCUT2D eigenvalue weighted by Gasteiger charge is 2.63. The molecule has 0 saturated heterocycles.